The van der Waals surface area contributed by atoms with Gasteiger partial charge in [-0.1, -0.05) is 0 Å². The van der Waals surface area contributed by atoms with Crippen molar-refractivity contribution in [3.8, 4) is 0 Å². The third kappa shape index (κ3) is 6.47. The first-order chi connectivity index (χ1) is 8.18. The minimum absolute atomic E-state index is 0.0892. The second-order valence-corrected chi connectivity index (χ2v) is 6.98. The molecule has 0 saturated heterocycles. The lowest BCUT2D eigenvalue weighted by Crippen LogP contribution is -2.40. The van der Waals surface area contributed by atoms with Gasteiger partial charge in [-0.2, -0.15) is 0 Å². The summed E-state index contributed by atoms with van der Waals surface area (Å²) in [7, 11) is 0. The van der Waals surface area contributed by atoms with Crippen molar-refractivity contribution in [1.82, 2.24) is 10.3 Å². The van der Waals surface area contributed by atoms with Crippen LogP contribution in [0.15, 0.2) is 22.8 Å². The van der Waals surface area contributed by atoms with Gasteiger partial charge in [-0.05, 0) is 68.7 Å². The highest BCUT2D eigenvalue weighted by atomic mass is 79.9. The molecule has 4 heteroatoms. The van der Waals surface area contributed by atoms with Gasteiger partial charge in [-0.25, -0.2) is 0 Å². The summed E-state index contributed by atoms with van der Waals surface area (Å²) in [5, 5.41) is 13.7. The zero-order valence-electron chi connectivity index (χ0n) is 11.6. The van der Waals surface area contributed by atoms with Crippen LogP contribution >= 0.6 is 15.9 Å². The number of aliphatic hydroxyl groups is 1. The molecule has 0 saturated carbocycles. The van der Waals surface area contributed by atoms with Crippen LogP contribution in [0.5, 0.6) is 0 Å². The maximum Gasteiger partial charge on any atom is 0.0687 e. The highest BCUT2D eigenvalue weighted by molar-refractivity contribution is 9.10. The normalized spacial score (nSPS) is 15.4. The lowest BCUT2D eigenvalue weighted by Gasteiger charge is -2.26. The van der Waals surface area contributed by atoms with Crippen LogP contribution in [0.4, 0.5) is 0 Å². The molecule has 1 aromatic heterocycles. The van der Waals surface area contributed by atoms with Crippen molar-refractivity contribution in [2.45, 2.75) is 51.7 Å². The molecule has 1 aromatic rings. The average molecular weight is 315 g/mol. The fourth-order valence-corrected chi connectivity index (χ4v) is 1.93. The summed E-state index contributed by atoms with van der Waals surface area (Å²) < 4.78 is 0.959. The molecule has 0 radical (unpaired) electrons. The third-order valence-corrected chi connectivity index (χ3v) is 3.14. The Hall–Kier alpha value is -0.450. The molecule has 0 aliphatic rings. The van der Waals surface area contributed by atoms with Crippen LogP contribution in [0.1, 0.15) is 39.8 Å². The molecule has 0 amide bonds. The van der Waals surface area contributed by atoms with Gasteiger partial charge in [0.1, 0.15) is 0 Å². The predicted octanol–water partition coefficient (Wildman–Crippen LogP) is 2.92. The van der Waals surface area contributed by atoms with E-state index in [1.165, 1.54) is 0 Å². The van der Waals surface area contributed by atoms with Crippen molar-refractivity contribution in [3.63, 3.8) is 0 Å². The van der Waals surface area contributed by atoms with Crippen LogP contribution in [0.25, 0.3) is 0 Å². The highest BCUT2D eigenvalue weighted by Crippen LogP contribution is 2.17. The molecule has 18 heavy (non-hydrogen) atoms. The molecular formula is C14H23BrN2O. The molecule has 2 N–H and O–H groups in total. The van der Waals surface area contributed by atoms with Crippen molar-refractivity contribution in [3.05, 3.63) is 28.5 Å². The molecule has 1 rings (SSSR count). The zero-order valence-corrected chi connectivity index (χ0v) is 13.2. The maximum absolute atomic E-state index is 10.3. The molecule has 0 spiro atoms. The standard InChI is InChI=1S/C14H23BrN2O/c1-13(2,3)17-8-7-14(4,18)9-12-6-5-11(15)10-16-12/h5-6,10,17-18H,7-9H2,1-4H3. The van der Waals surface area contributed by atoms with Crippen molar-refractivity contribution in [2.24, 2.45) is 0 Å². The van der Waals surface area contributed by atoms with Gasteiger partial charge in [0.15, 0.2) is 0 Å². The summed E-state index contributed by atoms with van der Waals surface area (Å²) in [5.74, 6) is 0. The van der Waals surface area contributed by atoms with Gasteiger partial charge >= 0.3 is 0 Å². The number of halogens is 1. The Bertz CT molecular complexity index is 368. The summed E-state index contributed by atoms with van der Waals surface area (Å²) in [6.07, 6.45) is 3.05. The fraction of sp³-hybridized carbons (Fsp3) is 0.643. The van der Waals surface area contributed by atoms with Crippen LogP contribution in [-0.4, -0.2) is 27.8 Å². The van der Waals surface area contributed by atoms with Gasteiger partial charge < -0.3 is 10.4 Å². The van der Waals surface area contributed by atoms with E-state index in [1.807, 2.05) is 19.1 Å². The van der Waals surface area contributed by atoms with Crippen molar-refractivity contribution in [2.75, 3.05) is 6.54 Å². The smallest absolute Gasteiger partial charge is 0.0687 e. The largest absolute Gasteiger partial charge is 0.390 e. The SMILES string of the molecule is CC(O)(CCNC(C)(C)C)Cc1ccc(Br)cn1. The second kappa shape index (κ2) is 6.13. The third-order valence-electron chi connectivity index (χ3n) is 2.67. The Kier molecular flexibility index (Phi) is 5.32. The summed E-state index contributed by atoms with van der Waals surface area (Å²) in [5.41, 5.74) is 0.282. The van der Waals surface area contributed by atoms with Crippen molar-refractivity contribution >= 4 is 15.9 Å². The minimum Gasteiger partial charge on any atom is -0.390 e. The average Bonchev–Trinajstić information content (AvgIpc) is 2.18. The van der Waals surface area contributed by atoms with Crippen LogP contribution in [0.2, 0.25) is 0 Å². The Balaban J connectivity index is 2.46. The topological polar surface area (TPSA) is 45.1 Å². The Morgan fingerprint density at radius 1 is 1.28 bits per heavy atom. The number of rotatable bonds is 5. The van der Waals surface area contributed by atoms with E-state index in [2.05, 4.69) is 47.0 Å². The van der Waals surface area contributed by atoms with E-state index in [1.54, 1.807) is 6.20 Å². The summed E-state index contributed by atoms with van der Waals surface area (Å²) in [4.78, 5) is 4.29. The Morgan fingerprint density at radius 3 is 2.44 bits per heavy atom. The molecule has 102 valence electrons. The van der Waals surface area contributed by atoms with Gasteiger partial charge in [0.2, 0.25) is 0 Å². The number of nitrogens with zero attached hydrogens (tertiary/aromatic N) is 1. The van der Waals surface area contributed by atoms with E-state index in [0.29, 0.717) is 12.8 Å². The molecule has 1 unspecified atom stereocenters. The van der Waals surface area contributed by atoms with Gasteiger partial charge in [0, 0.05) is 28.3 Å². The highest BCUT2D eigenvalue weighted by Gasteiger charge is 2.22. The summed E-state index contributed by atoms with van der Waals surface area (Å²) in [6, 6.07) is 3.89. The second-order valence-electron chi connectivity index (χ2n) is 6.07. The van der Waals surface area contributed by atoms with E-state index in [0.717, 1.165) is 16.7 Å². The quantitative estimate of drug-likeness (QED) is 0.878. The first-order valence-electron chi connectivity index (χ1n) is 6.26. The number of aromatic nitrogens is 1. The maximum atomic E-state index is 10.3. The molecular weight excluding hydrogens is 292 g/mol. The number of nitrogens with one attached hydrogen (secondary N) is 1. The van der Waals surface area contributed by atoms with Gasteiger partial charge in [0.25, 0.3) is 0 Å². The van der Waals surface area contributed by atoms with E-state index in [9.17, 15) is 5.11 Å². The monoisotopic (exact) mass is 314 g/mol. The number of hydrogen-bond acceptors (Lipinski definition) is 3. The molecule has 0 aliphatic heterocycles. The lowest BCUT2D eigenvalue weighted by atomic mass is 9.95. The van der Waals surface area contributed by atoms with Crippen molar-refractivity contribution in [1.29, 1.82) is 0 Å². The van der Waals surface area contributed by atoms with E-state index >= 15 is 0 Å². The molecule has 1 atom stereocenters. The number of hydrogen-bond donors (Lipinski definition) is 2. The molecule has 0 aliphatic carbocycles. The molecule has 3 nitrogen and oxygen atoms in total. The number of pyridine rings is 1. The minimum atomic E-state index is -0.723. The zero-order chi connectivity index (χ0) is 13.8. The van der Waals surface area contributed by atoms with Crippen LogP contribution in [-0.2, 0) is 6.42 Å². The first-order valence-corrected chi connectivity index (χ1v) is 7.05. The van der Waals surface area contributed by atoms with Crippen LogP contribution < -0.4 is 5.32 Å². The Morgan fingerprint density at radius 2 is 1.94 bits per heavy atom. The molecule has 0 aromatic carbocycles. The van der Waals surface area contributed by atoms with Gasteiger partial charge in [0.05, 0.1) is 5.60 Å². The van der Waals surface area contributed by atoms with E-state index < -0.39 is 5.60 Å². The molecule has 0 bridgehead atoms. The first kappa shape index (κ1) is 15.6. The summed E-state index contributed by atoms with van der Waals surface area (Å²) >= 11 is 3.35. The van der Waals surface area contributed by atoms with E-state index in [4.69, 9.17) is 0 Å². The molecule has 0 fully saturated rings. The predicted molar refractivity (Wildman–Crippen MR) is 78.6 cm³/mol. The van der Waals surface area contributed by atoms with Gasteiger partial charge in [-0.15, -0.1) is 0 Å². The van der Waals surface area contributed by atoms with Crippen molar-refractivity contribution < 1.29 is 5.11 Å². The Labute approximate surface area is 118 Å². The summed E-state index contributed by atoms with van der Waals surface area (Å²) in [6.45, 7) is 9.03. The van der Waals surface area contributed by atoms with Crippen LogP contribution in [0, 0.1) is 0 Å². The van der Waals surface area contributed by atoms with Crippen LogP contribution in [0.3, 0.4) is 0 Å². The molecule has 1 heterocycles. The van der Waals surface area contributed by atoms with Gasteiger partial charge in [-0.3, -0.25) is 4.98 Å². The van der Waals surface area contributed by atoms with E-state index in [-0.39, 0.29) is 5.54 Å². The fourth-order valence-electron chi connectivity index (χ4n) is 1.70. The lowest BCUT2D eigenvalue weighted by molar-refractivity contribution is 0.0490.